The van der Waals surface area contributed by atoms with E-state index in [9.17, 15) is 0 Å². The molecule has 0 saturated carbocycles. The molecule has 2 N–H and O–H groups in total. The first-order valence-corrected chi connectivity index (χ1v) is 12.0. The standard InChI is InChI=1S/C26H28N2O2S2/c1-26(2)16-23(22-15-20(29-3)13-14-24(22)30-26)28-25(31)27-19-11-9-18(10-12-19)17-32-21-7-5-4-6-8-21/h4-15,23H,16-17H2,1-3H3,(H2,27,28,31). The zero-order chi connectivity index (χ0) is 22.6. The minimum Gasteiger partial charge on any atom is -0.497 e. The molecule has 4 rings (SSSR count). The highest BCUT2D eigenvalue weighted by Gasteiger charge is 2.34. The van der Waals surface area contributed by atoms with Crippen molar-refractivity contribution in [3.05, 3.63) is 83.9 Å². The fourth-order valence-corrected chi connectivity index (χ4v) is 4.92. The first-order valence-electron chi connectivity index (χ1n) is 10.6. The van der Waals surface area contributed by atoms with E-state index < -0.39 is 0 Å². The van der Waals surface area contributed by atoms with Crippen molar-refractivity contribution in [2.45, 2.75) is 42.6 Å². The van der Waals surface area contributed by atoms with Crippen molar-refractivity contribution in [1.29, 1.82) is 0 Å². The van der Waals surface area contributed by atoms with Gasteiger partial charge in [-0.1, -0.05) is 30.3 Å². The molecule has 1 unspecified atom stereocenters. The third-order valence-corrected chi connectivity index (χ3v) is 6.64. The molecule has 0 amide bonds. The smallest absolute Gasteiger partial charge is 0.171 e. The Morgan fingerprint density at radius 3 is 2.56 bits per heavy atom. The molecule has 32 heavy (non-hydrogen) atoms. The van der Waals surface area contributed by atoms with Crippen LogP contribution in [0.2, 0.25) is 0 Å². The van der Waals surface area contributed by atoms with Crippen LogP contribution in [-0.4, -0.2) is 17.8 Å². The summed E-state index contributed by atoms with van der Waals surface area (Å²) in [6.07, 6.45) is 0.796. The van der Waals surface area contributed by atoms with Gasteiger partial charge in [0, 0.05) is 28.3 Å². The molecule has 1 atom stereocenters. The van der Waals surface area contributed by atoms with Crippen molar-refractivity contribution in [1.82, 2.24) is 5.32 Å². The number of anilines is 1. The Morgan fingerprint density at radius 2 is 1.84 bits per heavy atom. The monoisotopic (exact) mass is 464 g/mol. The van der Waals surface area contributed by atoms with Gasteiger partial charge in [0.1, 0.15) is 17.1 Å². The van der Waals surface area contributed by atoms with Crippen LogP contribution in [0.4, 0.5) is 5.69 Å². The molecular formula is C26H28N2O2S2. The van der Waals surface area contributed by atoms with Crippen LogP contribution in [0.3, 0.4) is 0 Å². The van der Waals surface area contributed by atoms with Gasteiger partial charge in [0.25, 0.3) is 0 Å². The van der Waals surface area contributed by atoms with Crippen LogP contribution in [0.15, 0.2) is 77.7 Å². The number of ether oxygens (including phenoxy) is 2. The van der Waals surface area contributed by atoms with Crippen LogP contribution in [0.5, 0.6) is 11.5 Å². The van der Waals surface area contributed by atoms with E-state index in [2.05, 4.69) is 73.0 Å². The molecule has 0 spiro atoms. The van der Waals surface area contributed by atoms with Gasteiger partial charge >= 0.3 is 0 Å². The molecule has 166 valence electrons. The number of hydrogen-bond acceptors (Lipinski definition) is 4. The summed E-state index contributed by atoms with van der Waals surface area (Å²) < 4.78 is 11.6. The molecule has 0 saturated heterocycles. The second-order valence-electron chi connectivity index (χ2n) is 8.42. The minimum absolute atomic E-state index is 0.0328. The Morgan fingerprint density at radius 1 is 1.09 bits per heavy atom. The van der Waals surface area contributed by atoms with E-state index in [1.54, 1.807) is 7.11 Å². The molecule has 1 aliphatic heterocycles. The van der Waals surface area contributed by atoms with Gasteiger partial charge in [-0.3, -0.25) is 0 Å². The van der Waals surface area contributed by atoms with Gasteiger partial charge in [-0.25, -0.2) is 0 Å². The lowest BCUT2D eigenvalue weighted by Crippen LogP contribution is -2.42. The van der Waals surface area contributed by atoms with E-state index in [-0.39, 0.29) is 11.6 Å². The summed E-state index contributed by atoms with van der Waals surface area (Å²) in [6.45, 7) is 4.19. The van der Waals surface area contributed by atoms with Crippen LogP contribution < -0.4 is 20.1 Å². The Kier molecular flexibility index (Phi) is 6.92. The number of methoxy groups -OCH3 is 1. The van der Waals surface area contributed by atoms with Crippen molar-refractivity contribution in [2.75, 3.05) is 12.4 Å². The molecule has 3 aromatic rings. The van der Waals surface area contributed by atoms with E-state index >= 15 is 0 Å². The van der Waals surface area contributed by atoms with Gasteiger partial charge in [0.05, 0.1) is 13.2 Å². The van der Waals surface area contributed by atoms with E-state index in [0.29, 0.717) is 5.11 Å². The van der Waals surface area contributed by atoms with Gasteiger partial charge in [-0.05, 0) is 74.1 Å². The normalized spacial score (nSPS) is 16.4. The first-order chi connectivity index (χ1) is 15.4. The van der Waals surface area contributed by atoms with E-state index in [0.717, 1.165) is 34.9 Å². The van der Waals surface area contributed by atoms with Gasteiger partial charge < -0.3 is 20.1 Å². The Bertz CT molecular complexity index is 1070. The Hall–Kier alpha value is -2.70. The molecule has 1 aliphatic rings. The van der Waals surface area contributed by atoms with E-state index in [1.807, 2.05) is 36.0 Å². The van der Waals surface area contributed by atoms with E-state index in [4.69, 9.17) is 21.7 Å². The minimum atomic E-state index is -0.285. The number of rotatable bonds is 6. The van der Waals surface area contributed by atoms with Gasteiger partial charge in [-0.2, -0.15) is 0 Å². The number of thiocarbonyl (C=S) groups is 1. The molecule has 4 nitrogen and oxygen atoms in total. The van der Waals surface area contributed by atoms with Crippen LogP contribution in [0.1, 0.15) is 37.4 Å². The topological polar surface area (TPSA) is 42.5 Å². The number of hydrogen-bond donors (Lipinski definition) is 2. The predicted molar refractivity (Wildman–Crippen MR) is 137 cm³/mol. The zero-order valence-electron chi connectivity index (χ0n) is 18.6. The average molecular weight is 465 g/mol. The molecular weight excluding hydrogens is 436 g/mol. The average Bonchev–Trinajstić information content (AvgIpc) is 2.78. The molecule has 0 aliphatic carbocycles. The van der Waals surface area contributed by atoms with Crippen LogP contribution in [-0.2, 0) is 5.75 Å². The fourth-order valence-electron chi connectivity index (χ4n) is 3.78. The summed E-state index contributed by atoms with van der Waals surface area (Å²) in [5.74, 6) is 2.60. The third kappa shape index (κ3) is 5.75. The highest BCUT2D eigenvalue weighted by atomic mass is 32.2. The predicted octanol–water partition coefficient (Wildman–Crippen LogP) is 6.58. The number of nitrogens with one attached hydrogen (secondary N) is 2. The molecule has 6 heteroatoms. The van der Waals surface area contributed by atoms with E-state index in [1.165, 1.54) is 10.5 Å². The lowest BCUT2D eigenvalue weighted by molar-refractivity contribution is 0.0695. The molecule has 1 heterocycles. The summed E-state index contributed by atoms with van der Waals surface area (Å²) in [5.41, 5.74) is 3.01. The van der Waals surface area contributed by atoms with Crippen molar-refractivity contribution in [3.8, 4) is 11.5 Å². The second kappa shape index (κ2) is 9.84. The van der Waals surface area contributed by atoms with Gasteiger partial charge in [0.15, 0.2) is 5.11 Å². The highest BCUT2D eigenvalue weighted by Crippen LogP contribution is 2.41. The quantitative estimate of drug-likeness (QED) is 0.317. The molecule has 3 aromatic carbocycles. The molecule has 0 aromatic heterocycles. The maximum Gasteiger partial charge on any atom is 0.171 e. The van der Waals surface area contributed by atoms with Crippen molar-refractivity contribution in [2.24, 2.45) is 0 Å². The van der Waals surface area contributed by atoms with Crippen LogP contribution >= 0.6 is 24.0 Å². The maximum atomic E-state index is 6.16. The SMILES string of the molecule is COc1ccc2c(c1)C(NC(=S)Nc1ccc(CSc3ccccc3)cc1)CC(C)(C)O2. The van der Waals surface area contributed by atoms with Crippen molar-refractivity contribution in [3.63, 3.8) is 0 Å². The van der Waals surface area contributed by atoms with Crippen molar-refractivity contribution >= 4 is 34.8 Å². The van der Waals surface area contributed by atoms with Crippen LogP contribution in [0, 0.1) is 0 Å². The zero-order valence-corrected chi connectivity index (χ0v) is 20.2. The largest absolute Gasteiger partial charge is 0.497 e. The van der Waals surface area contributed by atoms with Crippen LogP contribution in [0.25, 0.3) is 0 Å². The summed E-state index contributed by atoms with van der Waals surface area (Å²) in [6, 6.07) is 24.8. The fraction of sp³-hybridized carbons (Fsp3) is 0.269. The summed E-state index contributed by atoms with van der Waals surface area (Å²) in [7, 11) is 1.67. The Balaban J connectivity index is 1.38. The lowest BCUT2D eigenvalue weighted by atomic mass is 9.89. The Labute approximate surface area is 199 Å². The second-order valence-corrected chi connectivity index (χ2v) is 9.88. The summed E-state index contributed by atoms with van der Waals surface area (Å²) in [4.78, 5) is 1.27. The summed E-state index contributed by atoms with van der Waals surface area (Å²) >= 11 is 7.46. The first kappa shape index (κ1) is 22.5. The van der Waals surface area contributed by atoms with Gasteiger partial charge in [0.2, 0.25) is 0 Å². The van der Waals surface area contributed by atoms with Gasteiger partial charge in [-0.15, -0.1) is 11.8 Å². The number of fused-ring (bicyclic) bond motifs is 1. The highest BCUT2D eigenvalue weighted by molar-refractivity contribution is 7.98. The third-order valence-electron chi connectivity index (χ3n) is 5.34. The maximum absolute atomic E-state index is 6.16. The lowest BCUT2D eigenvalue weighted by Gasteiger charge is -2.38. The molecule has 0 fully saturated rings. The van der Waals surface area contributed by atoms with Crippen molar-refractivity contribution < 1.29 is 9.47 Å². The molecule has 0 bridgehead atoms. The number of thioether (sulfide) groups is 1. The summed E-state index contributed by atoms with van der Waals surface area (Å²) in [5, 5.41) is 7.38. The molecule has 0 radical (unpaired) electrons. The number of benzene rings is 3.